The van der Waals surface area contributed by atoms with E-state index in [2.05, 4.69) is 0 Å². The van der Waals surface area contributed by atoms with E-state index in [0.29, 0.717) is 0 Å². The van der Waals surface area contributed by atoms with E-state index in [1.807, 2.05) is 0 Å². The second-order valence-electron chi connectivity index (χ2n) is 5.18. The molecule has 11 heteroatoms. The smallest absolute Gasteiger partial charge is 0.335 e. The van der Waals surface area contributed by atoms with Crippen LogP contribution in [0.25, 0.3) is 0 Å². The molecule has 2 rings (SSSR count). The van der Waals surface area contributed by atoms with Crippen LogP contribution in [-0.4, -0.2) is 68.0 Å². The normalized spacial score (nSPS) is 24.0. The van der Waals surface area contributed by atoms with Crippen LogP contribution in [-0.2, 0) is 19.9 Å². The molecule has 23 heavy (non-hydrogen) atoms. The third kappa shape index (κ3) is 3.50. The maximum atomic E-state index is 12.6. The zero-order valence-corrected chi connectivity index (χ0v) is 14.3. The van der Waals surface area contributed by atoms with Crippen molar-refractivity contribution in [3.05, 3.63) is 28.8 Å². The molecule has 1 fully saturated rings. The van der Waals surface area contributed by atoms with Gasteiger partial charge in [0.15, 0.2) is 9.84 Å². The Morgan fingerprint density at radius 1 is 1.35 bits per heavy atom. The molecule has 1 aliphatic rings. The molecule has 0 spiro atoms. The number of nitrogens with zero attached hydrogens (tertiary/aromatic N) is 1. The Kier molecular flexibility index (Phi) is 4.75. The summed E-state index contributed by atoms with van der Waals surface area (Å²) in [5, 5.41) is 18.6. The minimum Gasteiger partial charge on any atom is -0.478 e. The van der Waals surface area contributed by atoms with Crippen LogP contribution >= 0.6 is 11.6 Å². The molecule has 0 amide bonds. The number of carboxylic acids is 1. The summed E-state index contributed by atoms with van der Waals surface area (Å²) in [6.45, 7) is 0. The van der Waals surface area contributed by atoms with Gasteiger partial charge in [-0.05, 0) is 18.2 Å². The van der Waals surface area contributed by atoms with Crippen molar-refractivity contribution in [2.45, 2.75) is 17.0 Å². The van der Waals surface area contributed by atoms with Gasteiger partial charge in [-0.2, -0.15) is 4.31 Å². The van der Waals surface area contributed by atoms with Crippen molar-refractivity contribution in [1.29, 1.82) is 0 Å². The van der Waals surface area contributed by atoms with E-state index in [1.165, 1.54) is 0 Å². The highest BCUT2D eigenvalue weighted by Crippen LogP contribution is 2.29. The Morgan fingerprint density at radius 3 is 2.43 bits per heavy atom. The largest absolute Gasteiger partial charge is 0.478 e. The van der Waals surface area contributed by atoms with E-state index >= 15 is 0 Å². The number of hydrogen-bond donors (Lipinski definition) is 2. The number of carbonyl (C=O) groups is 1. The van der Waals surface area contributed by atoms with Crippen molar-refractivity contribution < 1.29 is 31.8 Å². The summed E-state index contributed by atoms with van der Waals surface area (Å²) in [5.41, 5.74) is -0.277. The van der Waals surface area contributed by atoms with Crippen LogP contribution in [0.5, 0.6) is 0 Å². The number of sulfone groups is 1. The van der Waals surface area contributed by atoms with E-state index in [9.17, 15) is 26.7 Å². The Balaban J connectivity index is 2.46. The molecule has 1 aliphatic heterocycles. The van der Waals surface area contributed by atoms with Crippen LogP contribution in [0.1, 0.15) is 10.4 Å². The Labute approximate surface area is 138 Å². The standard InChI is InChI=1S/C12H14ClNO7S2/c1-14(9-5-22(18,19)6-10(9)15)23(20,21)11-4-7(12(16)17)2-3-8(11)13/h2-4,9-10,15H,5-6H2,1H3,(H,16,17)/t9-,10+/m0/s1. The SMILES string of the molecule is CN([C@H]1CS(=O)(=O)C[C@H]1O)S(=O)(=O)c1cc(C(=O)O)ccc1Cl. The van der Waals surface area contributed by atoms with Crippen molar-refractivity contribution >= 4 is 37.4 Å². The monoisotopic (exact) mass is 383 g/mol. The van der Waals surface area contributed by atoms with Crippen molar-refractivity contribution in [3.8, 4) is 0 Å². The van der Waals surface area contributed by atoms with Crippen LogP contribution in [0.4, 0.5) is 0 Å². The van der Waals surface area contributed by atoms with E-state index in [4.69, 9.17) is 16.7 Å². The maximum Gasteiger partial charge on any atom is 0.335 e. The first-order valence-electron chi connectivity index (χ1n) is 6.35. The predicted molar refractivity (Wildman–Crippen MR) is 81.8 cm³/mol. The van der Waals surface area contributed by atoms with Gasteiger partial charge in [0.2, 0.25) is 10.0 Å². The number of sulfonamides is 1. The molecule has 2 N–H and O–H groups in total. The zero-order chi connectivity index (χ0) is 17.6. The van der Waals surface area contributed by atoms with Crippen LogP contribution in [0.2, 0.25) is 5.02 Å². The molecule has 0 radical (unpaired) electrons. The average Bonchev–Trinajstić information content (AvgIpc) is 2.70. The van der Waals surface area contributed by atoms with Crippen molar-refractivity contribution in [2.24, 2.45) is 0 Å². The fourth-order valence-corrected chi connectivity index (χ4v) is 6.15. The van der Waals surface area contributed by atoms with Gasteiger partial charge in [-0.15, -0.1) is 0 Å². The van der Waals surface area contributed by atoms with E-state index in [0.717, 1.165) is 29.6 Å². The molecule has 1 aromatic rings. The predicted octanol–water partition coefficient (Wildman–Crippen LogP) is -0.183. The number of hydrogen-bond acceptors (Lipinski definition) is 6. The van der Waals surface area contributed by atoms with Gasteiger partial charge in [0, 0.05) is 7.05 Å². The van der Waals surface area contributed by atoms with E-state index in [1.54, 1.807) is 0 Å². The van der Waals surface area contributed by atoms with Crippen LogP contribution in [0, 0.1) is 0 Å². The minimum atomic E-state index is -4.28. The number of aliphatic hydroxyl groups is 1. The summed E-state index contributed by atoms with van der Waals surface area (Å²) < 4.78 is 49.0. The van der Waals surface area contributed by atoms with Crippen molar-refractivity contribution in [2.75, 3.05) is 18.6 Å². The van der Waals surface area contributed by atoms with Gasteiger partial charge in [-0.1, -0.05) is 11.6 Å². The number of aromatic carboxylic acids is 1. The van der Waals surface area contributed by atoms with Gasteiger partial charge in [-0.25, -0.2) is 21.6 Å². The summed E-state index contributed by atoms with van der Waals surface area (Å²) >= 11 is 5.85. The molecule has 0 saturated carbocycles. The van der Waals surface area contributed by atoms with Crippen LogP contribution < -0.4 is 0 Å². The van der Waals surface area contributed by atoms with Gasteiger partial charge in [0.1, 0.15) is 4.90 Å². The van der Waals surface area contributed by atoms with E-state index in [-0.39, 0.29) is 10.6 Å². The molecule has 0 unspecified atom stereocenters. The lowest BCUT2D eigenvalue weighted by molar-refractivity contribution is 0.0696. The van der Waals surface area contributed by atoms with Crippen LogP contribution in [0.3, 0.4) is 0 Å². The van der Waals surface area contributed by atoms with Gasteiger partial charge < -0.3 is 10.2 Å². The highest BCUT2D eigenvalue weighted by atomic mass is 35.5. The average molecular weight is 384 g/mol. The quantitative estimate of drug-likeness (QED) is 0.737. The lowest BCUT2D eigenvalue weighted by Crippen LogP contribution is -2.44. The highest BCUT2D eigenvalue weighted by Gasteiger charge is 2.43. The summed E-state index contributed by atoms with van der Waals surface area (Å²) in [6.07, 6.45) is -1.36. The van der Waals surface area contributed by atoms with E-state index < -0.39 is 54.4 Å². The molecule has 0 aromatic heterocycles. The first kappa shape index (κ1) is 18.1. The summed E-state index contributed by atoms with van der Waals surface area (Å²) in [4.78, 5) is 10.5. The second-order valence-corrected chi connectivity index (χ2v) is 9.71. The number of aliphatic hydroxyl groups excluding tert-OH is 1. The van der Waals surface area contributed by atoms with Gasteiger partial charge >= 0.3 is 5.97 Å². The second kappa shape index (κ2) is 6.02. The van der Waals surface area contributed by atoms with Crippen LogP contribution in [0.15, 0.2) is 23.1 Å². The Morgan fingerprint density at radius 2 is 1.96 bits per heavy atom. The molecule has 1 saturated heterocycles. The molecular formula is C12H14ClNO7S2. The topological polar surface area (TPSA) is 129 Å². The molecule has 128 valence electrons. The number of benzene rings is 1. The van der Waals surface area contributed by atoms with Gasteiger partial charge in [0.25, 0.3) is 0 Å². The number of carboxylic acid groups (broad SMARTS) is 1. The molecule has 0 aliphatic carbocycles. The maximum absolute atomic E-state index is 12.6. The van der Waals surface area contributed by atoms with Crippen molar-refractivity contribution in [3.63, 3.8) is 0 Å². The highest BCUT2D eigenvalue weighted by molar-refractivity contribution is 7.92. The third-order valence-corrected chi connectivity index (χ3v) is 7.66. The fourth-order valence-electron chi connectivity index (χ4n) is 2.33. The van der Waals surface area contributed by atoms with Gasteiger partial charge in [0.05, 0.1) is 34.2 Å². The third-order valence-electron chi connectivity index (χ3n) is 3.60. The van der Waals surface area contributed by atoms with Crippen molar-refractivity contribution in [1.82, 2.24) is 4.31 Å². The summed E-state index contributed by atoms with van der Waals surface area (Å²) in [7, 11) is -6.71. The number of rotatable bonds is 4. The first-order valence-corrected chi connectivity index (χ1v) is 9.99. The lowest BCUT2D eigenvalue weighted by atomic mass is 10.2. The van der Waals surface area contributed by atoms with Gasteiger partial charge in [-0.3, -0.25) is 0 Å². The zero-order valence-electron chi connectivity index (χ0n) is 11.9. The Hall–Kier alpha value is -1.20. The molecule has 2 atom stereocenters. The molecule has 1 aromatic carbocycles. The molecule has 0 bridgehead atoms. The first-order chi connectivity index (χ1) is 10.5. The molecule has 1 heterocycles. The minimum absolute atomic E-state index is 0.197. The number of likely N-dealkylation sites (N-methyl/N-ethyl adjacent to an activating group) is 1. The Bertz CT molecular complexity index is 850. The fraction of sp³-hybridized carbons (Fsp3) is 0.417. The summed E-state index contributed by atoms with van der Waals surface area (Å²) in [5.74, 6) is -2.37. The molecular weight excluding hydrogens is 370 g/mol. The molecule has 8 nitrogen and oxygen atoms in total. The lowest BCUT2D eigenvalue weighted by Gasteiger charge is -2.25. The number of halogens is 1. The summed E-state index contributed by atoms with van der Waals surface area (Å²) in [6, 6.07) is 2.02.